The van der Waals surface area contributed by atoms with Gasteiger partial charge in [0.25, 0.3) is 0 Å². The van der Waals surface area contributed by atoms with Gasteiger partial charge in [0.05, 0.1) is 5.02 Å². The molecular weight excluding hydrogens is 181 g/mol. The number of hydrogen-bond acceptors (Lipinski definition) is 2. The van der Waals surface area contributed by atoms with Crippen molar-refractivity contribution in [1.82, 2.24) is 0 Å². The first kappa shape index (κ1) is 9.13. The maximum absolute atomic E-state index is 11.7. The fourth-order valence-electron chi connectivity index (χ4n) is 0.783. The first-order valence-corrected chi connectivity index (χ1v) is 3.85. The zero-order valence-corrected chi connectivity index (χ0v) is 7.14. The lowest BCUT2D eigenvalue weighted by atomic mass is 10.3. The summed E-state index contributed by atoms with van der Waals surface area (Å²) in [4.78, 5) is 0. The van der Waals surface area contributed by atoms with Crippen LogP contribution < -0.4 is 10.5 Å². The average Bonchev–Trinajstić information content (AvgIpc) is 2.03. The van der Waals surface area contributed by atoms with Gasteiger partial charge in [0.2, 0.25) is 0 Å². The molecule has 0 aliphatic carbocycles. The van der Waals surface area contributed by atoms with Gasteiger partial charge in [-0.25, -0.2) is 4.39 Å². The van der Waals surface area contributed by atoms with Gasteiger partial charge in [-0.15, -0.1) is 0 Å². The van der Waals surface area contributed by atoms with Crippen LogP contribution in [0.4, 0.5) is 10.1 Å². The maximum atomic E-state index is 11.7. The molecule has 0 amide bonds. The Labute approximate surface area is 75.1 Å². The van der Waals surface area contributed by atoms with Gasteiger partial charge in [0.1, 0.15) is 19.0 Å². The van der Waals surface area contributed by atoms with Crippen LogP contribution in [0.5, 0.6) is 5.75 Å². The molecule has 1 aromatic carbocycles. The van der Waals surface area contributed by atoms with E-state index in [9.17, 15) is 4.39 Å². The fourth-order valence-corrected chi connectivity index (χ4v) is 1.03. The third-order valence-corrected chi connectivity index (χ3v) is 1.59. The quantitative estimate of drug-likeness (QED) is 0.741. The summed E-state index contributed by atoms with van der Waals surface area (Å²) in [5.74, 6) is 0.462. The third-order valence-electron chi connectivity index (χ3n) is 1.29. The Morgan fingerprint density at radius 3 is 2.83 bits per heavy atom. The number of benzene rings is 1. The van der Waals surface area contributed by atoms with Crippen molar-refractivity contribution in [3.05, 3.63) is 23.2 Å². The number of alkyl halides is 1. The molecule has 1 rings (SSSR count). The van der Waals surface area contributed by atoms with Crippen LogP contribution in [0.1, 0.15) is 0 Å². The Kier molecular flexibility index (Phi) is 3.17. The SMILES string of the molecule is Nc1ccc(OCCF)c(Cl)c1. The van der Waals surface area contributed by atoms with E-state index in [1.54, 1.807) is 18.2 Å². The molecule has 1 aromatic rings. The van der Waals surface area contributed by atoms with Gasteiger partial charge in [0.15, 0.2) is 0 Å². The van der Waals surface area contributed by atoms with Crippen LogP contribution in [0.25, 0.3) is 0 Å². The van der Waals surface area contributed by atoms with Gasteiger partial charge in [-0.2, -0.15) is 0 Å². The van der Waals surface area contributed by atoms with E-state index in [1.165, 1.54) is 0 Å². The van der Waals surface area contributed by atoms with Gasteiger partial charge < -0.3 is 10.5 Å². The maximum Gasteiger partial charge on any atom is 0.138 e. The van der Waals surface area contributed by atoms with Crippen LogP contribution in [-0.2, 0) is 0 Å². The van der Waals surface area contributed by atoms with Crippen molar-refractivity contribution in [1.29, 1.82) is 0 Å². The van der Waals surface area contributed by atoms with Gasteiger partial charge in [-0.05, 0) is 18.2 Å². The van der Waals surface area contributed by atoms with Gasteiger partial charge >= 0.3 is 0 Å². The Hall–Kier alpha value is -0.960. The lowest BCUT2D eigenvalue weighted by Gasteiger charge is -2.05. The highest BCUT2D eigenvalue weighted by molar-refractivity contribution is 6.32. The summed E-state index contributed by atoms with van der Waals surface area (Å²) >= 11 is 5.74. The molecule has 0 saturated carbocycles. The fraction of sp³-hybridized carbons (Fsp3) is 0.250. The van der Waals surface area contributed by atoms with Crippen LogP contribution in [0, 0.1) is 0 Å². The Morgan fingerprint density at radius 2 is 2.25 bits per heavy atom. The second kappa shape index (κ2) is 4.16. The third kappa shape index (κ3) is 2.27. The van der Waals surface area contributed by atoms with Crippen LogP contribution in [0.3, 0.4) is 0 Å². The number of hydrogen-bond donors (Lipinski definition) is 1. The molecule has 0 saturated heterocycles. The lowest BCUT2D eigenvalue weighted by Crippen LogP contribution is -1.99. The van der Waals surface area contributed by atoms with Crippen molar-refractivity contribution in [2.45, 2.75) is 0 Å². The number of rotatable bonds is 3. The van der Waals surface area contributed by atoms with E-state index in [0.29, 0.717) is 16.5 Å². The molecular formula is C8H9ClFNO. The van der Waals surface area contributed by atoms with Crippen LogP contribution in [0.15, 0.2) is 18.2 Å². The molecule has 0 aliphatic heterocycles. The van der Waals surface area contributed by atoms with Crippen LogP contribution in [-0.4, -0.2) is 13.3 Å². The van der Waals surface area contributed by atoms with Crippen molar-refractivity contribution < 1.29 is 9.13 Å². The number of nitrogens with two attached hydrogens (primary N) is 1. The summed E-state index contributed by atoms with van der Waals surface area (Å²) in [5.41, 5.74) is 6.00. The molecule has 0 aliphatic rings. The first-order chi connectivity index (χ1) is 5.74. The van der Waals surface area contributed by atoms with E-state index < -0.39 is 6.67 Å². The predicted molar refractivity (Wildman–Crippen MR) is 47.3 cm³/mol. The second-order valence-electron chi connectivity index (χ2n) is 2.23. The molecule has 0 bridgehead atoms. The van der Waals surface area contributed by atoms with E-state index in [4.69, 9.17) is 22.1 Å². The number of nitrogen functional groups attached to an aromatic ring is 1. The molecule has 0 spiro atoms. The topological polar surface area (TPSA) is 35.2 Å². The molecule has 0 unspecified atom stereocenters. The summed E-state index contributed by atoms with van der Waals surface area (Å²) in [5, 5.41) is 0.406. The predicted octanol–water partition coefficient (Wildman–Crippen LogP) is 2.27. The summed E-state index contributed by atoms with van der Waals surface area (Å²) in [6, 6.07) is 4.84. The lowest BCUT2D eigenvalue weighted by molar-refractivity contribution is 0.273. The van der Waals surface area contributed by atoms with Crippen molar-refractivity contribution in [2.75, 3.05) is 19.0 Å². The highest BCUT2D eigenvalue weighted by atomic mass is 35.5. The molecule has 2 nitrogen and oxygen atoms in total. The standard InChI is InChI=1S/C8H9ClFNO/c9-7-5-6(11)1-2-8(7)12-4-3-10/h1-2,5H,3-4,11H2. The normalized spacial score (nSPS) is 9.83. The minimum Gasteiger partial charge on any atom is -0.489 e. The Bertz CT molecular complexity index is 267. The zero-order valence-electron chi connectivity index (χ0n) is 6.39. The van der Waals surface area contributed by atoms with Crippen LogP contribution >= 0.6 is 11.6 Å². The summed E-state index contributed by atoms with van der Waals surface area (Å²) < 4.78 is 16.7. The van der Waals surface area contributed by atoms with E-state index >= 15 is 0 Å². The highest BCUT2D eigenvalue weighted by Crippen LogP contribution is 2.26. The van der Waals surface area contributed by atoms with Crippen molar-refractivity contribution >= 4 is 17.3 Å². The van der Waals surface area contributed by atoms with Crippen LogP contribution in [0.2, 0.25) is 5.02 Å². The van der Waals surface area contributed by atoms with E-state index in [0.717, 1.165) is 0 Å². The molecule has 4 heteroatoms. The Balaban J connectivity index is 2.72. The first-order valence-electron chi connectivity index (χ1n) is 3.48. The monoisotopic (exact) mass is 189 g/mol. The largest absolute Gasteiger partial charge is 0.489 e. The number of ether oxygens (including phenoxy) is 1. The summed E-state index contributed by atoms with van der Waals surface area (Å²) in [6.07, 6.45) is 0. The molecule has 12 heavy (non-hydrogen) atoms. The second-order valence-corrected chi connectivity index (χ2v) is 2.63. The molecule has 0 aromatic heterocycles. The van der Waals surface area contributed by atoms with Crippen molar-refractivity contribution in [2.24, 2.45) is 0 Å². The van der Waals surface area contributed by atoms with Gasteiger partial charge in [0, 0.05) is 5.69 Å². The van der Waals surface area contributed by atoms with Gasteiger partial charge in [-0.1, -0.05) is 11.6 Å². The smallest absolute Gasteiger partial charge is 0.138 e. The molecule has 0 radical (unpaired) electrons. The molecule has 0 heterocycles. The van der Waals surface area contributed by atoms with E-state index in [2.05, 4.69) is 0 Å². The minimum absolute atomic E-state index is 0.0175. The molecule has 0 fully saturated rings. The minimum atomic E-state index is -0.527. The molecule has 66 valence electrons. The van der Waals surface area contributed by atoms with Crippen molar-refractivity contribution in [3.63, 3.8) is 0 Å². The molecule has 2 N–H and O–H groups in total. The Morgan fingerprint density at radius 1 is 1.50 bits per heavy atom. The highest BCUT2D eigenvalue weighted by Gasteiger charge is 2.00. The zero-order chi connectivity index (χ0) is 8.97. The molecule has 0 atom stereocenters. The number of halogens is 2. The number of anilines is 1. The van der Waals surface area contributed by atoms with E-state index in [-0.39, 0.29) is 6.61 Å². The average molecular weight is 190 g/mol. The van der Waals surface area contributed by atoms with Crippen molar-refractivity contribution in [3.8, 4) is 5.75 Å². The van der Waals surface area contributed by atoms with E-state index in [1.807, 2.05) is 0 Å². The summed E-state index contributed by atoms with van der Waals surface area (Å²) in [6.45, 7) is -0.510. The van der Waals surface area contributed by atoms with Gasteiger partial charge in [-0.3, -0.25) is 0 Å². The summed E-state index contributed by atoms with van der Waals surface area (Å²) in [7, 11) is 0.